The van der Waals surface area contributed by atoms with E-state index in [4.69, 9.17) is 0 Å². The fourth-order valence-corrected chi connectivity index (χ4v) is 4.77. The van der Waals surface area contributed by atoms with Gasteiger partial charge in [0.25, 0.3) is 5.56 Å². The molecule has 12 heteroatoms. The van der Waals surface area contributed by atoms with Crippen LogP contribution in [0.2, 0.25) is 0 Å². The van der Waals surface area contributed by atoms with Gasteiger partial charge in [-0.1, -0.05) is 20.8 Å². The van der Waals surface area contributed by atoms with Crippen molar-refractivity contribution in [3.05, 3.63) is 70.0 Å². The van der Waals surface area contributed by atoms with Crippen LogP contribution in [0.25, 0.3) is 16.7 Å². The van der Waals surface area contributed by atoms with Crippen LogP contribution in [-0.2, 0) is 11.0 Å². The Hall–Kier alpha value is -4.32. The Morgan fingerprint density at radius 1 is 1.15 bits per heavy atom. The van der Waals surface area contributed by atoms with Crippen LogP contribution in [0.3, 0.4) is 0 Å². The summed E-state index contributed by atoms with van der Waals surface area (Å²) in [5.41, 5.74) is 0.845. The molecule has 1 saturated carbocycles. The molecule has 1 aromatic carbocycles. The molecule has 5 rings (SSSR count). The van der Waals surface area contributed by atoms with Gasteiger partial charge in [-0.15, -0.1) is 0 Å². The summed E-state index contributed by atoms with van der Waals surface area (Å²) in [6, 6.07) is 8.72. The number of nitrogens with zero attached hydrogens (tertiary/aromatic N) is 5. The fourth-order valence-electron chi connectivity index (χ4n) is 4.77. The Morgan fingerprint density at radius 2 is 1.85 bits per heavy atom. The zero-order valence-electron chi connectivity index (χ0n) is 24.0. The lowest BCUT2D eigenvalue weighted by molar-refractivity contribution is 0.164. The third kappa shape index (κ3) is 5.51. The Kier molecular flexibility index (Phi) is 7.06. The quantitative estimate of drug-likeness (QED) is 0.268. The van der Waals surface area contributed by atoms with E-state index in [0.717, 1.165) is 5.69 Å². The van der Waals surface area contributed by atoms with Crippen LogP contribution < -0.4 is 21.5 Å². The smallest absolute Gasteiger partial charge is 0.320 e. The summed E-state index contributed by atoms with van der Waals surface area (Å²) in [7, 11) is 1.69. The van der Waals surface area contributed by atoms with Crippen molar-refractivity contribution in [3.63, 3.8) is 0 Å². The van der Waals surface area contributed by atoms with Crippen molar-refractivity contribution >= 4 is 28.8 Å². The highest BCUT2D eigenvalue weighted by molar-refractivity contribution is 5.89. The summed E-state index contributed by atoms with van der Waals surface area (Å²) in [4.78, 5) is 35.6. The van der Waals surface area contributed by atoms with E-state index in [1.807, 2.05) is 20.8 Å². The van der Waals surface area contributed by atoms with Crippen molar-refractivity contribution in [2.75, 3.05) is 24.3 Å². The van der Waals surface area contributed by atoms with Gasteiger partial charge in [0, 0.05) is 47.6 Å². The summed E-state index contributed by atoms with van der Waals surface area (Å²) in [6.07, 6.45) is 2.22. The molecule has 0 radical (unpaired) electrons. The number of halogens is 1. The van der Waals surface area contributed by atoms with Crippen LogP contribution >= 0.6 is 0 Å². The molecule has 1 aliphatic rings. The Balaban J connectivity index is 1.40. The van der Waals surface area contributed by atoms with Gasteiger partial charge in [-0.3, -0.25) is 14.7 Å². The molecule has 2 amide bonds. The number of aliphatic hydroxyl groups is 1. The lowest BCUT2D eigenvalue weighted by atomic mass is 9.92. The molecule has 2 unspecified atom stereocenters. The van der Waals surface area contributed by atoms with E-state index in [-0.39, 0.29) is 35.4 Å². The number of hydrogen-bond donors (Lipinski definition) is 4. The lowest BCUT2D eigenvalue weighted by Crippen LogP contribution is -2.41. The van der Waals surface area contributed by atoms with Crippen LogP contribution in [0.1, 0.15) is 58.2 Å². The van der Waals surface area contributed by atoms with Crippen molar-refractivity contribution in [1.82, 2.24) is 29.6 Å². The molecule has 0 spiro atoms. The molecule has 1 fully saturated rings. The summed E-state index contributed by atoms with van der Waals surface area (Å²) >= 11 is 0. The Bertz CT molecular complexity index is 1670. The molecule has 11 nitrogen and oxygen atoms in total. The summed E-state index contributed by atoms with van der Waals surface area (Å²) < 4.78 is 16.6. The second kappa shape index (κ2) is 10.3. The number of fused-ring (bicyclic) bond motifs is 1. The molecule has 0 aliphatic heterocycles. The molecule has 216 valence electrons. The van der Waals surface area contributed by atoms with Gasteiger partial charge >= 0.3 is 6.03 Å². The first-order valence-electron chi connectivity index (χ1n) is 13.5. The average molecular weight is 563 g/mol. The highest BCUT2D eigenvalue weighted by atomic mass is 19.1. The Morgan fingerprint density at radius 3 is 2.49 bits per heavy atom. The van der Waals surface area contributed by atoms with E-state index in [2.05, 4.69) is 31.0 Å². The van der Waals surface area contributed by atoms with Crippen LogP contribution in [0.15, 0.2) is 47.4 Å². The van der Waals surface area contributed by atoms with Gasteiger partial charge in [0.15, 0.2) is 0 Å². The number of urea groups is 1. The number of carbonyl (C=O) groups excluding carboxylic acids is 1. The number of benzene rings is 1. The maximum Gasteiger partial charge on any atom is 0.320 e. The van der Waals surface area contributed by atoms with Crippen LogP contribution in [0.4, 0.5) is 21.0 Å². The van der Waals surface area contributed by atoms with Gasteiger partial charge in [0.05, 0.1) is 23.5 Å². The number of rotatable bonds is 7. The molecular weight excluding hydrogens is 527 g/mol. The third-order valence-corrected chi connectivity index (χ3v) is 7.28. The van der Waals surface area contributed by atoms with Gasteiger partial charge in [-0.05, 0) is 50.6 Å². The monoisotopic (exact) mass is 562 g/mol. The molecule has 0 bridgehead atoms. The second-order valence-corrected chi connectivity index (χ2v) is 12.0. The SMILES string of the molecule is CNc1ncc2cc(C3CC3NC(=O)Nc3cc(C(C)(C)C)nn3-c3ccc(F)cc3)c(=O)n(C(C)(C)CO)c2n1. The first-order chi connectivity index (χ1) is 19.3. The molecular formula is C29H35FN8O3. The van der Waals surface area contributed by atoms with Crippen LogP contribution in [0.5, 0.6) is 0 Å². The first kappa shape index (κ1) is 28.2. The predicted octanol–water partition coefficient (Wildman–Crippen LogP) is 3.86. The second-order valence-electron chi connectivity index (χ2n) is 12.0. The first-order valence-corrected chi connectivity index (χ1v) is 13.5. The van der Waals surface area contributed by atoms with E-state index in [9.17, 15) is 19.1 Å². The van der Waals surface area contributed by atoms with Gasteiger partial charge < -0.3 is 15.7 Å². The maximum absolute atomic E-state index is 13.7. The van der Waals surface area contributed by atoms with Crippen LogP contribution in [0, 0.1) is 5.82 Å². The lowest BCUT2D eigenvalue weighted by Gasteiger charge is -2.27. The minimum absolute atomic E-state index is 0.213. The van der Waals surface area contributed by atoms with Gasteiger partial charge in [-0.2, -0.15) is 10.1 Å². The molecule has 3 heterocycles. The minimum Gasteiger partial charge on any atom is -0.394 e. The number of carbonyl (C=O) groups is 1. The van der Waals surface area contributed by atoms with Gasteiger partial charge in [0.1, 0.15) is 17.3 Å². The highest BCUT2D eigenvalue weighted by Crippen LogP contribution is 2.40. The largest absolute Gasteiger partial charge is 0.394 e. The highest BCUT2D eigenvalue weighted by Gasteiger charge is 2.42. The zero-order valence-corrected chi connectivity index (χ0v) is 24.0. The normalized spacial score (nSPS) is 17.0. The average Bonchev–Trinajstić information content (AvgIpc) is 3.53. The third-order valence-electron chi connectivity index (χ3n) is 7.28. The molecule has 1 aliphatic carbocycles. The van der Waals surface area contributed by atoms with E-state index >= 15 is 0 Å². The molecule has 3 aromatic heterocycles. The number of hydrogen-bond acceptors (Lipinski definition) is 7. The van der Waals surface area contributed by atoms with Crippen molar-refractivity contribution in [1.29, 1.82) is 0 Å². The molecule has 4 N–H and O–H groups in total. The molecule has 2 atom stereocenters. The number of aromatic nitrogens is 5. The number of anilines is 2. The van der Waals surface area contributed by atoms with Gasteiger partial charge in [0.2, 0.25) is 5.95 Å². The van der Waals surface area contributed by atoms with E-state index in [0.29, 0.717) is 40.5 Å². The van der Waals surface area contributed by atoms with E-state index in [1.165, 1.54) is 16.7 Å². The van der Waals surface area contributed by atoms with Gasteiger partial charge in [-0.25, -0.2) is 18.9 Å². The maximum atomic E-state index is 13.7. The Labute approximate surface area is 236 Å². The standard InChI is InChI=1S/C29H35FN8O3/c1-28(2,3)22-13-23(38(36-22)18-9-7-17(30)8-10-18)34-27(41)33-21-12-19(21)20-11-16-14-32-26(31-6)35-24(16)37(25(20)40)29(4,5)15-39/h7-11,13-14,19,21,39H,12,15H2,1-6H3,(H,31,32,35)(H2,33,34,41). The van der Waals surface area contributed by atoms with Crippen molar-refractivity contribution in [2.45, 2.75) is 64.0 Å². The predicted molar refractivity (Wildman–Crippen MR) is 155 cm³/mol. The summed E-state index contributed by atoms with van der Waals surface area (Å²) in [5, 5.41) is 24.1. The fraction of sp³-hybridized carbons (Fsp3) is 0.414. The minimum atomic E-state index is -0.913. The topological polar surface area (TPSA) is 139 Å². The van der Waals surface area contributed by atoms with Crippen molar-refractivity contribution in [3.8, 4) is 5.69 Å². The molecule has 41 heavy (non-hydrogen) atoms. The van der Waals surface area contributed by atoms with Crippen molar-refractivity contribution < 1.29 is 14.3 Å². The van der Waals surface area contributed by atoms with Crippen molar-refractivity contribution in [2.24, 2.45) is 0 Å². The zero-order chi connectivity index (χ0) is 29.7. The van der Waals surface area contributed by atoms with Crippen LogP contribution in [-0.4, -0.2) is 55.1 Å². The number of aliphatic hydroxyl groups excluding tert-OH is 1. The molecule has 4 aromatic rings. The number of nitrogens with one attached hydrogen (secondary N) is 3. The summed E-state index contributed by atoms with van der Waals surface area (Å²) in [6.45, 7) is 9.32. The number of pyridine rings is 1. The summed E-state index contributed by atoms with van der Waals surface area (Å²) in [5.74, 6) is 0.221. The van der Waals surface area contributed by atoms with E-state index < -0.39 is 11.6 Å². The number of amides is 2. The van der Waals surface area contributed by atoms with E-state index in [1.54, 1.807) is 56.0 Å². The molecule has 0 saturated heterocycles.